The molecule has 1 atom stereocenters. The number of imidazole rings is 1. The summed E-state index contributed by atoms with van der Waals surface area (Å²) in [6.45, 7) is 0. The van der Waals surface area contributed by atoms with Crippen molar-refractivity contribution in [2.24, 2.45) is 5.92 Å². The summed E-state index contributed by atoms with van der Waals surface area (Å²) in [6.07, 6.45) is 4.46. The molecular weight excluding hydrogens is 268 g/mol. The molecular formula is C16H20N2O3. The Labute approximate surface area is 123 Å². The Kier molecular flexibility index (Phi) is 3.82. The Morgan fingerprint density at radius 3 is 2.76 bits per heavy atom. The predicted octanol–water partition coefficient (Wildman–Crippen LogP) is 3.02. The maximum Gasteiger partial charge on any atom is 0.316 e. The smallest absolute Gasteiger partial charge is 0.316 e. The highest BCUT2D eigenvalue weighted by molar-refractivity contribution is 5.81. The van der Waals surface area contributed by atoms with E-state index < -0.39 is 0 Å². The highest BCUT2D eigenvalue weighted by Crippen LogP contribution is 2.37. The van der Waals surface area contributed by atoms with E-state index in [-0.39, 0.29) is 11.9 Å². The largest absolute Gasteiger partial charge is 0.497 e. The number of fused-ring (bicyclic) bond motifs is 1. The lowest BCUT2D eigenvalue weighted by Crippen LogP contribution is -2.22. The molecule has 112 valence electrons. The molecule has 0 saturated heterocycles. The number of benzene rings is 1. The molecule has 2 aromatic rings. The molecule has 1 unspecified atom stereocenters. The van der Waals surface area contributed by atoms with Crippen LogP contribution in [0.15, 0.2) is 18.2 Å². The van der Waals surface area contributed by atoms with Crippen LogP contribution in [0.3, 0.4) is 0 Å². The second-order valence-corrected chi connectivity index (χ2v) is 5.55. The number of hydrogen-bond donors (Lipinski definition) is 1. The van der Waals surface area contributed by atoms with Crippen LogP contribution in [0.25, 0.3) is 11.0 Å². The van der Waals surface area contributed by atoms with Crippen molar-refractivity contribution in [3.05, 3.63) is 24.0 Å². The number of nitrogens with one attached hydrogen (secondary N) is 1. The fraction of sp³-hybridized carbons (Fsp3) is 0.500. The summed E-state index contributed by atoms with van der Waals surface area (Å²) >= 11 is 0. The zero-order valence-corrected chi connectivity index (χ0v) is 12.4. The van der Waals surface area contributed by atoms with Gasteiger partial charge < -0.3 is 14.5 Å². The fourth-order valence-corrected chi connectivity index (χ4v) is 3.23. The zero-order chi connectivity index (χ0) is 14.8. The lowest BCUT2D eigenvalue weighted by atomic mass is 9.90. The van der Waals surface area contributed by atoms with E-state index >= 15 is 0 Å². The third-order valence-corrected chi connectivity index (χ3v) is 4.33. The van der Waals surface area contributed by atoms with E-state index in [1.165, 1.54) is 20.0 Å². The number of aromatic nitrogens is 2. The van der Waals surface area contributed by atoms with Gasteiger partial charge in [-0.2, -0.15) is 0 Å². The van der Waals surface area contributed by atoms with Crippen LogP contribution in [0.1, 0.15) is 37.4 Å². The second kappa shape index (κ2) is 5.76. The van der Waals surface area contributed by atoms with E-state index in [1.54, 1.807) is 7.11 Å². The molecule has 1 aliphatic carbocycles. The molecule has 1 saturated carbocycles. The number of nitrogens with zero attached hydrogens (tertiary/aromatic N) is 1. The first-order valence-electron chi connectivity index (χ1n) is 7.34. The first kappa shape index (κ1) is 13.9. The number of H-pyrrole nitrogens is 1. The van der Waals surface area contributed by atoms with Crippen molar-refractivity contribution in [1.29, 1.82) is 0 Å². The van der Waals surface area contributed by atoms with Crippen molar-refractivity contribution in [2.45, 2.75) is 31.6 Å². The molecule has 1 aliphatic rings. The Balaban J connectivity index is 1.99. The van der Waals surface area contributed by atoms with Gasteiger partial charge in [0.05, 0.1) is 25.3 Å². The molecule has 0 aliphatic heterocycles. The van der Waals surface area contributed by atoms with Gasteiger partial charge in [-0.3, -0.25) is 4.79 Å². The molecule has 21 heavy (non-hydrogen) atoms. The number of hydrogen-bond acceptors (Lipinski definition) is 4. The van der Waals surface area contributed by atoms with Crippen molar-refractivity contribution < 1.29 is 14.3 Å². The molecule has 3 rings (SSSR count). The third kappa shape index (κ3) is 2.60. The topological polar surface area (TPSA) is 64.2 Å². The number of ether oxygens (including phenoxy) is 2. The normalized spacial score (nSPS) is 17.0. The Bertz CT molecular complexity index is 644. The van der Waals surface area contributed by atoms with Crippen LogP contribution in [0.4, 0.5) is 0 Å². The minimum Gasteiger partial charge on any atom is -0.497 e. The summed E-state index contributed by atoms with van der Waals surface area (Å²) < 4.78 is 10.2. The number of carbonyl (C=O) groups is 1. The number of methoxy groups -OCH3 is 2. The molecule has 5 nitrogen and oxygen atoms in total. The highest BCUT2D eigenvalue weighted by Gasteiger charge is 2.35. The predicted molar refractivity (Wildman–Crippen MR) is 79.4 cm³/mol. The Morgan fingerprint density at radius 2 is 2.10 bits per heavy atom. The van der Waals surface area contributed by atoms with Crippen LogP contribution in [0.2, 0.25) is 0 Å². The van der Waals surface area contributed by atoms with Crippen molar-refractivity contribution >= 4 is 17.0 Å². The van der Waals surface area contributed by atoms with Gasteiger partial charge in [0.1, 0.15) is 17.5 Å². The van der Waals surface area contributed by atoms with Crippen LogP contribution >= 0.6 is 0 Å². The van der Waals surface area contributed by atoms with Crippen LogP contribution in [-0.2, 0) is 9.53 Å². The molecule has 1 fully saturated rings. The first-order chi connectivity index (χ1) is 10.2. The van der Waals surface area contributed by atoms with Gasteiger partial charge in [0, 0.05) is 6.07 Å². The summed E-state index contributed by atoms with van der Waals surface area (Å²) in [5.74, 6) is 1.30. The van der Waals surface area contributed by atoms with Crippen molar-refractivity contribution in [3.8, 4) is 5.75 Å². The standard InChI is InChI=1S/C16H20N2O3/c1-20-11-7-8-12-13(9-11)18-15(17-12)14(16(19)21-2)10-5-3-4-6-10/h7-10,14H,3-6H2,1-2H3,(H,17,18). The highest BCUT2D eigenvalue weighted by atomic mass is 16.5. The minimum absolute atomic E-state index is 0.201. The molecule has 0 radical (unpaired) electrons. The van der Waals surface area contributed by atoms with Gasteiger partial charge >= 0.3 is 5.97 Å². The number of carbonyl (C=O) groups excluding carboxylic acids is 1. The Hall–Kier alpha value is -2.04. The number of esters is 1. The molecule has 1 aromatic carbocycles. The van der Waals surface area contributed by atoms with Gasteiger partial charge in [0.15, 0.2) is 0 Å². The van der Waals surface area contributed by atoms with Gasteiger partial charge in [-0.05, 0) is 30.9 Å². The summed E-state index contributed by atoms with van der Waals surface area (Å²) in [7, 11) is 3.07. The summed E-state index contributed by atoms with van der Waals surface area (Å²) in [5.41, 5.74) is 1.73. The lowest BCUT2D eigenvalue weighted by Gasteiger charge is -2.18. The molecule has 0 bridgehead atoms. The van der Waals surface area contributed by atoms with E-state index in [9.17, 15) is 4.79 Å². The number of aromatic amines is 1. The monoisotopic (exact) mass is 288 g/mol. The first-order valence-corrected chi connectivity index (χ1v) is 7.34. The van der Waals surface area contributed by atoms with E-state index in [4.69, 9.17) is 9.47 Å². The van der Waals surface area contributed by atoms with E-state index in [0.717, 1.165) is 29.6 Å². The lowest BCUT2D eigenvalue weighted by molar-refractivity contribution is -0.144. The molecule has 1 aromatic heterocycles. The maximum absolute atomic E-state index is 12.2. The SMILES string of the molecule is COC(=O)C(c1nc2ccc(OC)cc2[nH]1)C1CCCC1. The average Bonchev–Trinajstić information content (AvgIpc) is 3.15. The van der Waals surface area contributed by atoms with Crippen LogP contribution in [0.5, 0.6) is 5.75 Å². The third-order valence-electron chi connectivity index (χ3n) is 4.33. The van der Waals surface area contributed by atoms with Crippen molar-refractivity contribution in [3.63, 3.8) is 0 Å². The van der Waals surface area contributed by atoms with E-state index in [2.05, 4.69) is 9.97 Å². The average molecular weight is 288 g/mol. The van der Waals surface area contributed by atoms with Gasteiger partial charge in [0.2, 0.25) is 0 Å². The summed E-state index contributed by atoms with van der Waals surface area (Å²) in [4.78, 5) is 20.1. The van der Waals surface area contributed by atoms with Gasteiger partial charge in [0.25, 0.3) is 0 Å². The zero-order valence-electron chi connectivity index (χ0n) is 12.4. The minimum atomic E-state index is -0.295. The maximum atomic E-state index is 12.2. The van der Waals surface area contributed by atoms with E-state index in [1.807, 2.05) is 18.2 Å². The Morgan fingerprint density at radius 1 is 1.33 bits per heavy atom. The van der Waals surface area contributed by atoms with Crippen LogP contribution in [0, 0.1) is 5.92 Å². The van der Waals surface area contributed by atoms with Crippen LogP contribution in [-0.4, -0.2) is 30.2 Å². The second-order valence-electron chi connectivity index (χ2n) is 5.55. The summed E-state index contributed by atoms with van der Waals surface area (Å²) in [5, 5.41) is 0. The molecule has 1 N–H and O–H groups in total. The van der Waals surface area contributed by atoms with Crippen molar-refractivity contribution in [2.75, 3.05) is 14.2 Å². The number of rotatable bonds is 4. The molecule has 5 heteroatoms. The van der Waals surface area contributed by atoms with Gasteiger partial charge in [-0.1, -0.05) is 12.8 Å². The van der Waals surface area contributed by atoms with Gasteiger partial charge in [-0.15, -0.1) is 0 Å². The molecule has 0 amide bonds. The quantitative estimate of drug-likeness (QED) is 0.878. The van der Waals surface area contributed by atoms with Crippen molar-refractivity contribution in [1.82, 2.24) is 9.97 Å². The summed E-state index contributed by atoms with van der Waals surface area (Å²) in [6, 6.07) is 5.67. The van der Waals surface area contributed by atoms with Gasteiger partial charge in [-0.25, -0.2) is 4.98 Å². The fourth-order valence-electron chi connectivity index (χ4n) is 3.23. The molecule has 1 heterocycles. The molecule has 0 spiro atoms. The van der Waals surface area contributed by atoms with Crippen LogP contribution < -0.4 is 4.74 Å². The van der Waals surface area contributed by atoms with E-state index in [0.29, 0.717) is 11.7 Å².